The first-order chi connectivity index (χ1) is 10.2. The van der Waals surface area contributed by atoms with Crippen molar-refractivity contribution in [3.05, 3.63) is 47.0 Å². The number of para-hydroxylation sites is 1. The van der Waals surface area contributed by atoms with Gasteiger partial charge in [0.15, 0.2) is 0 Å². The lowest BCUT2D eigenvalue weighted by Crippen LogP contribution is -2.28. The number of fused-ring (bicyclic) bond motifs is 1. The standard InChI is InChI=1S/C15H11ClN4S/c1-18-15-19-14-11(3-2-4-13(14)21-20-15)12-7-10(16)6-5-9(12)8-17/h2-7H,1H3,(H2,18,19,20). The number of nitrogens with zero attached hydrogens (tertiary/aromatic N) is 2. The summed E-state index contributed by atoms with van der Waals surface area (Å²) in [4.78, 5) is 1.01. The molecule has 1 aliphatic rings. The van der Waals surface area contributed by atoms with Gasteiger partial charge in [-0.15, -0.1) is 0 Å². The van der Waals surface area contributed by atoms with Crippen LogP contribution in [0.4, 0.5) is 5.69 Å². The van der Waals surface area contributed by atoms with E-state index in [0.29, 0.717) is 16.5 Å². The van der Waals surface area contributed by atoms with E-state index in [1.165, 1.54) is 11.9 Å². The van der Waals surface area contributed by atoms with Crippen LogP contribution in [0, 0.1) is 11.3 Å². The number of halogens is 1. The molecule has 0 saturated heterocycles. The van der Waals surface area contributed by atoms with Crippen LogP contribution < -0.4 is 10.6 Å². The second-order valence-corrected chi connectivity index (χ2v) is 5.63. The summed E-state index contributed by atoms with van der Waals surface area (Å²) in [7, 11) is 1.81. The van der Waals surface area contributed by atoms with Gasteiger partial charge in [-0.1, -0.05) is 23.7 Å². The minimum atomic E-state index is 0.591. The number of rotatable bonds is 1. The van der Waals surface area contributed by atoms with E-state index in [4.69, 9.17) is 11.6 Å². The molecule has 2 N–H and O–H groups in total. The molecule has 0 unspecified atom stereocenters. The summed E-state index contributed by atoms with van der Waals surface area (Å²) in [5, 5.41) is 16.2. The van der Waals surface area contributed by atoms with Gasteiger partial charge >= 0.3 is 0 Å². The maximum Gasteiger partial charge on any atom is 0.207 e. The molecule has 21 heavy (non-hydrogen) atoms. The van der Waals surface area contributed by atoms with Crippen LogP contribution in [0.25, 0.3) is 11.1 Å². The van der Waals surface area contributed by atoms with Gasteiger partial charge in [-0.25, -0.2) is 0 Å². The van der Waals surface area contributed by atoms with Crippen LogP contribution in [0.2, 0.25) is 5.02 Å². The summed E-state index contributed by atoms with van der Waals surface area (Å²) in [6.07, 6.45) is 0. The van der Waals surface area contributed by atoms with Gasteiger partial charge in [0.25, 0.3) is 0 Å². The van der Waals surface area contributed by atoms with Gasteiger partial charge < -0.3 is 10.6 Å². The second kappa shape index (κ2) is 5.68. The molecule has 3 rings (SSSR count). The van der Waals surface area contributed by atoms with Gasteiger partial charge in [-0.2, -0.15) is 9.66 Å². The summed E-state index contributed by atoms with van der Waals surface area (Å²) in [6, 6.07) is 13.4. The average Bonchev–Trinajstić information content (AvgIpc) is 2.53. The first-order valence-corrected chi connectivity index (χ1v) is 7.41. The number of anilines is 1. The highest BCUT2D eigenvalue weighted by atomic mass is 35.5. The number of benzene rings is 2. The molecule has 6 heteroatoms. The number of hydrogen-bond acceptors (Lipinski definition) is 5. The van der Waals surface area contributed by atoms with E-state index in [0.717, 1.165) is 21.7 Å². The Labute approximate surface area is 132 Å². The fourth-order valence-electron chi connectivity index (χ4n) is 2.14. The lowest BCUT2D eigenvalue weighted by Gasteiger charge is -2.20. The van der Waals surface area contributed by atoms with Crippen molar-refractivity contribution in [2.45, 2.75) is 4.90 Å². The molecule has 0 aliphatic carbocycles. The van der Waals surface area contributed by atoms with Gasteiger partial charge in [-0.3, -0.25) is 0 Å². The van der Waals surface area contributed by atoms with E-state index in [-0.39, 0.29) is 0 Å². The minimum Gasteiger partial charge on any atom is -0.358 e. The molecule has 0 bridgehead atoms. The molecule has 104 valence electrons. The Kier molecular flexibility index (Phi) is 3.74. The molecule has 0 amide bonds. The van der Waals surface area contributed by atoms with Gasteiger partial charge in [-0.05, 0) is 24.3 Å². The average molecular weight is 315 g/mol. The SMILES string of the molecule is CNC1=NSc2cccc(-c3cc(Cl)ccc3C#N)c2N1. The lowest BCUT2D eigenvalue weighted by molar-refractivity contribution is 1.16. The molecule has 0 radical (unpaired) electrons. The second-order valence-electron chi connectivity index (χ2n) is 4.39. The summed E-state index contributed by atoms with van der Waals surface area (Å²) < 4.78 is 4.30. The zero-order valence-electron chi connectivity index (χ0n) is 11.1. The summed E-state index contributed by atoms with van der Waals surface area (Å²) in [5.74, 6) is 0.681. The van der Waals surface area contributed by atoms with Gasteiger partial charge in [0, 0.05) is 35.1 Å². The van der Waals surface area contributed by atoms with Crippen molar-refractivity contribution < 1.29 is 0 Å². The molecule has 0 fully saturated rings. The van der Waals surface area contributed by atoms with E-state index >= 15 is 0 Å². The van der Waals surface area contributed by atoms with Crippen LogP contribution in [-0.2, 0) is 0 Å². The molecule has 0 spiro atoms. The predicted octanol–water partition coefficient (Wildman–Crippen LogP) is 3.89. The smallest absolute Gasteiger partial charge is 0.207 e. The predicted molar refractivity (Wildman–Crippen MR) is 87.6 cm³/mol. The van der Waals surface area contributed by atoms with E-state index in [1.807, 2.05) is 24.3 Å². The van der Waals surface area contributed by atoms with Crippen LogP contribution in [0.3, 0.4) is 0 Å². The van der Waals surface area contributed by atoms with Gasteiger partial charge in [0.2, 0.25) is 5.96 Å². The highest BCUT2D eigenvalue weighted by molar-refractivity contribution is 7.98. The maximum absolute atomic E-state index is 9.32. The van der Waals surface area contributed by atoms with Crippen molar-refractivity contribution in [1.29, 1.82) is 5.26 Å². The van der Waals surface area contributed by atoms with Crippen molar-refractivity contribution in [2.24, 2.45) is 4.40 Å². The van der Waals surface area contributed by atoms with Gasteiger partial charge in [0.1, 0.15) is 0 Å². The van der Waals surface area contributed by atoms with E-state index in [1.54, 1.807) is 19.2 Å². The van der Waals surface area contributed by atoms with E-state index < -0.39 is 0 Å². The molecule has 4 nitrogen and oxygen atoms in total. The van der Waals surface area contributed by atoms with Crippen LogP contribution >= 0.6 is 23.5 Å². The number of nitriles is 1. The zero-order chi connectivity index (χ0) is 14.8. The molecule has 1 aliphatic heterocycles. The van der Waals surface area contributed by atoms with Crippen molar-refractivity contribution in [3.63, 3.8) is 0 Å². The van der Waals surface area contributed by atoms with Crippen molar-refractivity contribution >= 4 is 35.2 Å². The normalized spacial score (nSPS) is 12.7. The number of nitrogens with one attached hydrogen (secondary N) is 2. The topological polar surface area (TPSA) is 60.2 Å². The Bertz CT molecular complexity index is 780. The van der Waals surface area contributed by atoms with Gasteiger partial charge in [0.05, 0.1) is 22.2 Å². The molecule has 0 saturated carbocycles. The third-order valence-corrected chi connectivity index (χ3v) is 4.18. The molecule has 0 atom stereocenters. The molecule has 0 aromatic heterocycles. The fraction of sp³-hybridized carbons (Fsp3) is 0.0667. The number of guanidine groups is 1. The molecule has 2 aromatic rings. The molecular weight excluding hydrogens is 304 g/mol. The van der Waals surface area contributed by atoms with Crippen molar-refractivity contribution in [3.8, 4) is 17.2 Å². The van der Waals surface area contributed by atoms with Crippen LogP contribution in [0.15, 0.2) is 45.7 Å². The van der Waals surface area contributed by atoms with E-state index in [9.17, 15) is 5.26 Å². The lowest BCUT2D eigenvalue weighted by atomic mass is 9.98. The number of hydrogen-bond donors (Lipinski definition) is 2. The van der Waals surface area contributed by atoms with Crippen molar-refractivity contribution in [1.82, 2.24) is 5.32 Å². The van der Waals surface area contributed by atoms with Crippen molar-refractivity contribution in [2.75, 3.05) is 12.4 Å². The fourth-order valence-corrected chi connectivity index (χ4v) is 3.03. The highest BCUT2D eigenvalue weighted by Gasteiger charge is 2.18. The third kappa shape index (κ3) is 2.56. The molecule has 1 heterocycles. The summed E-state index contributed by atoms with van der Waals surface area (Å²) in [6.45, 7) is 0. The van der Waals surface area contributed by atoms with Crippen LogP contribution in [0.1, 0.15) is 5.56 Å². The highest BCUT2D eigenvalue weighted by Crippen LogP contribution is 2.40. The summed E-state index contributed by atoms with van der Waals surface area (Å²) >= 11 is 7.49. The molecular formula is C15H11ClN4S. The first-order valence-electron chi connectivity index (χ1n) is 6.25. The largest absolute Gasteiger partial charge is 0.358 e. The Morgan fingerprint density at radius 3 is 2.90 bits per heavy atom. The molecule has 2 aromatic carbocycles. The maximum atomic E-state index is 9.32. The summed E-state index contributed by atoms with van der Waals surface area (Å²) in [5.41, 5.74) is 3.27. The van der Waals surface area contributed by atoms with Crippen LogP contribution in [0.5, 0.6) is 0 Å². The van der Waals surface area contributed by atoms with Crippen LogP contribution in [-0.4, -0.2) is 13.0 Å². The Morgan fingerprint density at radius 2 is 2.14 bits per heavy atom. The Morgan fingerprint density at radius 1 is 1.29 bits per heavy atom. The zero-order valence-corrected chi connectivity index (χ0v) is 12.7. The van der Waals surface area contributed by atoms with E-state index in [2.05, 4.69) is 21.1 Å². The third-order valence-electron chi connectivity index (χ3n) is 3.13. The first kappa shape index (κ1) is 13.8. The monoisotopic (exact) mass is 314 g/mol. The Hall–Kier alpha value is -2.16. The minimum absolute atomic E-state index is 0.591. The quantitative estimate of drug-likeness (QED) is 0.784. The Balaban J connectivity index is 2.18.